The van der Waals surface area contributed by atoms with Crippen molar-refractivity contribution in [1.82, 2.24) is 9.03 Å². The molecule has 6 heteroatoms. The van der Waals surface area contributed by atoms with Crippen molar-refractivity contribution in [2.75, 3.05) is 13.1 Å². The number of carbonyl (C=O) groups excluding carboxylic acids is 1. The van der Waals surface area contributed by atoms with Crippen molar-refractivity contribution in [3.05, 3.63) is 35.4 Å². The maximum Gasteiger partial charge on any atom is 0.303 e. The molecule has 21 heavy (non-hydrogen) atoms. The van der Waals surface area contributed by atoms with Gasteiger partial charge in [0.25, 0.3) is 0 Å². The molecule has 1 amide bonds. The first-order valence-corrected chi connectivity index (χ1v) is 8.70. The SMILES string of the molecule is CCN(CC)S(=O)(=O)NC(=O)C1(c2ccccc2C)CC1. The third-order valence-corrected chi connectivity index (χ3v) is 5.75. The summed E-state index contributed by atoms with van der Waals surface area (Å²) in [5.74, 6) is -0.413. The van der Waals surface area contributed by atoms with Crippen molar-refractivity contribution in [2.45, 2.75) is 39.0 Å². The van der Waals surface area contributed by atoms with Gasteiger partial charge in [0.15, 0.2) is 0 Å². The van der Waals surface area contributed by atoms with Gasteiger partial charge in [-0.05, 0) is 30.9 Å². The van der Waals surface area contributed by atoms with Crippen molar-refractivity contribution < 1.29 is 13.2 Å². The summed E-state index contributed by atoms with van der Waals surface area (Å²) in [5.41, 5.74) is 1.27. The van der Waals surface area contributed by atoms with Crippen LogP contribution in [0.5, 0.6) is 0 Å². The number of benzene rings is 1. The number of rotatable bonds is 6. The summed E-state index contributed by atoms with van der Waals surface area (Å²) in [7, 11) is -3.75. The molecule has 1 aliphatic carbocycles. The standard InChI is InChI=1S/C15H22N2O3S/c1-4-17(5-2)21(19,20)16-14(18)15(10-11-15)13-9-7-6-8-12(13)3/h6-9H,4-5,10-11H2,1-3H3,(H,16,18). The Hall–Kier alpha value is -1.40. The van der Waals surface area contributed by atoms with E-state index in [4.69, 9.17) is 0 Å². The molecule has 0 aromatic heterocycles. The van der Waals surface area contributed by atoms with E-state index in [-0.39, 0.29) is 0 Å². The summed E-state index contributed by atoms with van der Waals surface area (Å²) in [6.45, 7) is 6.14. The second-order valence-electron chi connectivity index (χ2n) is 5.42. The molecule has 1 aromatic carbocycles. The molecule has 0 aliphatic heterocycles. The zero-order valence-corrected chi connectivity index (χ0v) is 13.5. The summed E-state index contributed by atoms with van der Waals surface area (Å²) >= 11 is 0. The Morgan fingerprint density at radius 2 is 1.81 bits per heavy atom. The summed E-state index contributed by atoms with van der Waals surface area (Å²) in [6, 6.07) is 7.65. The molecule has 0 spiro atoms. The maximum atomic E-state index is 12.5. The van der Waals surface area contributed by atoms with Crippen LogP contribution in [-0.2, 0) is 20.4 Å². The lowest BCUT2D eigenvalue weighted by Crippen LogP contribution is -2.47. The Bertz CT molecular complexity index is 632. The highest BCUT2D eigenvalue weighted by atomic mass is 32.2. The van der Waals surface area contributed by atoms with Crippen LogP contribution in [0.3, 0.4) is 0 Å². The third-order valence-electron chi connectivity index (χ3n) is 4.11. The van der Waals surface area contributed by atoms with Gasteiger partial charge < -0.3 is 0 Å². The lowest BCUT2D eigenvalue weighted by molar-refractivity contribution is -0.121. The molecule has 116 valence electrons. The van der Waals surface area contributed by atoms with Gasteiger partial charge in [0.2, 0.25) is 5.91 Å². The predicted octanol–water partition coefficient (Wildman–Crippen LogP) is 1.73. The van der Waals surface area contributed by atoms with Crippen LogP contribution in [0.25, 0.3) is 0 Å². The molecule has 0 saturated heterocycles. The molecule has 0 radical (unpaired) electrons. The van der Waals surface area contributed by atoms with E-state index in [0.717, 1.165) is 11.1 Å². The van der Waals surface area contributed by atoms with Gasteiger partial charge in [0.05, 0.1) is 5.41 Å². The van der Waals surface area contributed by atoms with Crippen molar-refractivity contribution in [3.8, 4) is 0 Å². The fourth-order valence-electron chi connectivity index (χ4n) is 2.70. The summed E-state index contributed by atoms with van der Waals surface area (Å²) in [4.78, 5) is 12.5. The van der Waals surface area contributed by atoms with Crippen LogP contribution in [0, 0.1) is 6.92 Å². The van der Waals surface area contributed by atoms with Crippen LogP contribution in [-0.4, -0.2) is 31.7 Å². The third kappa shape index (κ3) is 2.96. The first-order chi connectivity index (χ1) is 9.87. The Labute approximate surface area is 126 Å². The number of carbonyl (C=O) groups is 1. The first-order valence-electron chi connectivity index (χ1n) is 7.26. The van der Waals surface area contributed by atoms with Gasteiger partial charge in [-0.25, -0.2) is 4.72 Å². The normalized spacial score (nSPS) is 16.8. The molecular formula is C15H22N2O3S. The zero-order valence-electron chi connectivity index (χ0n) is 12.7. The minimum Gasteiger partial charge on any atom is -0.273 e. The molecule has 1 fully saturated rings. The molecular weight excluding hydrogens is 288 g/mol. The van der Waals surface area contributed by atoms with Crippen LogP contribution in [0.2, 0.25) is 0 Å². The molecule has 1 saturated carbocycles. The Kier molecular flexibility index (Phi) is 4.39. The van der Waals surface area contributed by atoms with E-state index in [1.807, 2.05) is 31.2 Å². The predicted molar refractivity (Wildman–Crippen MR) is 82.1 cm³/mol. The van der Waals surface area contributed by atoms with E-state index >= 15 is 0 Å². The maximum absolute atomic E-state index is 12.5. The number of aryl methyl sites for hydroxylation is 1. The largest absolute Gasteiger partial charge is 0.303 e. The number of hydrogen-bond acceptors (Lipinski definition) is 3. The molecule has 0 bridgehead atoms. The highest BCUT2D eigenvalue weighted by molar-refractivity contribution is 7.87. The van der Waals surface area contributed by atoms with E-state index in [2.05, 4.69) is 4.72 Å². The summed E-state index contributed by atoms with van der Waals surface area (Å²) < 4.78 is 27.9. The van der Waals surface area contributed by atoms with Crippen LogP contribution in [0.4, 0.5) is 0 Å². The zero-order chi connectivity index (χ0) is 15.7. The van der Waals surface area contributed by atoms with Gasteiger partial charge in [-0.3, -0.25) is 4.79 Å². The fraction of sp³-hybridized carbons (Fsp3) is 0.533. The van der Waals surface area contributed by atoms with Crippen molar-refractivity contribution in [1.29, 1.82) is 0 Å². The smallest absolute Gasteiger partial charge is 0.273 e. The van der Waals surface area contributed by atoms with E-state index in [1.165, 1.54) is 4.31 Å². The minimum atomic E-state index is -3.75. The molecule has 5 nitrogen and oxygen atoms in total. The monoisotopic (exact) mass is 310 g/mol. The van der Waals surface area contributed by atoms with Gasteiger partial charge in [0.1, 0.15) is 0 Å². The van der Waals surface area contributed by atoms with E-state index in [1.54, 1.807) is 13.8 Å². The lowest BCUT2D eigenvalue weighted by atomic mass is 9.91. The van der Waals surface area contributed by atoms with E-state index < -0.39 is 21.5 Å². The van der Waals surface area contributed by atoms with Crippen LogP contribution in [0.1, 0.15) is 37.8 Å². The minimum absolute atomic E-state index is 0.344. The molecule has 1 N–H and O–H groups in total. The quantitative estimate of drug-likeness (QED) is 0.870. The molecule has 2 rings (SSSR count). The number of amides is 1. The topological polar surface area (TPSA) is 66.5 Å². The molecule has 1 aromatic rings. The average Bonchev–Trinajstić information content (AvgIpc) is 3.21. The highest BCUT2D eigenvalue weighted by Crippen LogP contribution is 2.49. The van der Waals surface area contributed by atoms with Crippen LogP contribution in [0.15, 0.2) is 24.3 Å². The van der Waals surface area contributed by atoms with Crippen molar-refractivity contribution >= 4 is 16.1 Å². The molecule has 0 unspecified atom stereocenters. The molecule has 0 atom stereocenters. The number of hydrogen-bond donors (Lipinski definition) is 1. The van der Waals surface area contributed by atoms with Gasteiger partial charge in [-0.15, -0.1) is 0 Å². The Morgan fingerprint density at radius 3 is 2.29 bits per heavy atom. The van der Waals surface area contributed by atoms with Gasteiger partial charge in [0, 0.05) is 13.1 Å². The average molecular weight is 310 g/mol. The molecule has 1 aliphatic rings. The Morgan fingerprint density at radius 1 is 1.24 bits per heavy atom. The van der Waals surface area contributed by atoms with Gasteiger partial charge in [-0.1, -0.05) is 38.1 Å². The van der Waals surface area contributed by atoms with Crippen molar-refractivity contribution in [3.63, 3.8) is 0 Å². The van der Waals surface area contributed by atoms with Crippen LogP contribution < -0.4 is 4.72 Å². The first kappa shape index (κ1) is 16.0. The van der Waals surface area contributed by atoms with Gasteiger partial charge >= 0.3 is 10.2 Å². The summed E-state index contributed by atoms with van der Waals surface area (Å²) in [6.07, 6.45) is 1.38. The lowest BCUT2D eigenvalue weighted by Gasteiger charge is -2.22. The van der Waals surface area contributed by atoms with Crippen molar-refractivity contribution in [2.24, 2.45) is 0 Å². The second kappa shape index (κ2) is 5.77. The number of nitrogens with one attached hydrogen (secondary N) is 1. The highest BCUT2D eigenvalue weighted by Gasteiger charge is 2.53. The van der Waals surface area contributed by atoms with E-state index in [0.29, 0.717) is 25.9 Å². The van der Waals surface area contributed by atoms with E-state index in [9.17, 15) is 13.2 Å². The fourth-order valence-corrected chi connectivity index (χ4v) is 3.94. The molecule has 0 heterocycles. The second-order valence-corrected chi connectivity index (χ2v) is 7.09. The Balaban J connectivity index is 2.24. The van der Waals surface area contributed by atoms with Crippen LogP contribution >= 0.6 is 0 Å². The summed E-state index contributed by atoms with van der Waals surface area (Å²) in [5, 5.41) is 0. The van der Waals surface area contributed by atoms with Gasteiger partial charge in [-0.2, -0.15) is 12.7 Å². The number of nitrogens with zero attached hydrogens (tertiary/aromatic N) is 1.